The summed E-state index contributed by atoms with van der Waals surface area (Å²) in [5.74, 6) is -19.3. The average Bonchev–Trinajstić information content (AvgIpc) is 1.68. The fourth-order valence-electron chi connectivity index (χ4n) is 15.7. The van der Waals surface area contributed by atoms with Gasteiger partial charge < -0.3 is 114 Å². The molecular formula is C90H123N21O21S. The summed E-state index contributed by atoms with van der Waals surface area (Å²) in [6.45, 7) is 6.56. The lowest BCUT2D eigenvalue weighted by Gasteiger charge is -2.33. The van der Waals surface area contributed by atoms with E-state index in [9.17, 15) is 72.9 Å². The molecular weight excluding hydrogens is 1740 g/mol. The number of piperazine rings is 1. The molecule has 0 bridgehead atoms. The Kier molecular flexibility index (Phi) is 39.5. The molecule has 2 saturated heterocycles. The molecule has 8 rings (SSSR count). The smallest absolute Gasteiger partial charge is 0.317 e. The second-order valence-corrected chi connectivity index (χ2v) is 35.1. The van der Waals surface area contributed by atoms with E-state index in [0.717, 1.165) is 33.4 Å². The molecule has 17 amide bonds. The van der Waals surface area contributed by atoms with Crippen LogP contribution in [0.15, 0.2) is 116 Å². The molecule has 0 unspecified atom stereocenters. The van der Waals surface area contributed by atoms with E-state index in [1.807, 2.05) is 6.07 Å². The molecule has 3 aromatic carbocycles. The molecule has 18 N–H and O–H groups in total. The van der Waals surface area contributed by atoms with Gasteiger partial charge in [-0.2, -0.15) is 0 Å². The highest BCUT2D eigenvalue weighted by molar-refractivity contribution is 8.00. The number of carbonyl (C=O) groups is 18. The molecule has 133 heavy (non-hydrogen) atoms. The number of likely N-dealkylation sites (N-methyl/N-ethyl adjacent to an activating group) is 2. The number of carboxylic acid groups (broad SMARTS) is 2. The third-order valence-corrected chi connectivity index (χ3v) is 24.0. The van der Waals surface area contributed by atoms with E-state index in [-0.39, 0.29) is 97.1 Å². The van der Waals surface area contributed by atoms with Gasteiger partial charge in [-0.05, 0) is 98.7 Å². The van der Waals surface area contributed by atoms with Gasteiger partial charge in [-0.3, -0.25) is 91.4 Å². The number of carbonyl (C=O) groups excluding carboxylic acids is 16. The fraction of sp³-hybridized carbons (Fsp3) is 0.500. The molecule has 0 aliphatic carbocycles. The van der Waals surface area contributed by atoms with E-state index in [2.05, 4.69) is 63.5 Å². The highest BCUT2D eigenvalue weighted by Crippen LogP contribution is 2.26. The number of carboxylic acids is 2. The minimum absolute atomic E-state index is 0.00746. The molecule has 2 aliphatic rings. The topological polar surface area (TPSA) is 591 Å². The molecule has 2 aliphatic heterocycles. The standard InChI is InChI=1S/C90H123N21O21S/c1-51(2)38-62-80(122)97-61(28-20-31-75(116)117)89(131)109(10)70(39-54-22-12-11-13-23-54)85(127)100-63(41-56-46-106(7)68-29-16-14-25-58(56)68)81(123)96-60(27-18-19-33-94-90(132)111-36-34-110(35-37-111)48-76(118)119)79(121)99-64(42-57-47-107(8)69-30-17-15-26-59(57)69)84(126)104-77(53(4)112)87(129)102-66(44-74(115)105(5)6)83(125)103-67(78(92)120)49-133-50-73(114)95-52(3)88(130)108(9)71(40-55-24-21-32-93-45-55)86(128)101-65(43-72(91)113)82(124)98-62/h11-17,21-26,29-30,32,45-47,51-53,60-67,70-71,77,112H,18-20,27-28,31,33-44,48-50H2,1-10H3,(H2,91,113)(H2,92,120)(H,94,132)(H,95,114)(H,96,123)(H,97,122)(H,98,124)(H,99,121)(H,100,127)(H,101,128)(H,102,129)(H,103,125)(H,104,126)(H,116,117)(H,118,119)/t52-,53-,60+,61+,62+,63+,64+,65+,66+,67+,70+,71+,77+/m1/s1. The first kappa shape index (κ1) is 105. The fourth-order valence-corrected chi connectivity index (χ4v) is 16.5. The number of aliphatic hydroxyl groups is 1. The quantitative estimate of drug-likeness (QED) is 0.0241. The molecule has 3 aromatic heterocycles. The number of aryl methyl sites for hydroxylation is 2. The first-order valence-electron chi connectivity index (χ1n) is 43.8. The van der Waals surface area contributed by atoms with Gasteiger partial charge in [-0.1, -0.05) is 86.6 Å². The molecule has 6 aromatic rings. The number of primary amides is 2. The number of aliphatic carboxylic acids is 2. The van der Waals surface area contributed by atoms with E-state index in [0.29, 0.717) is 44.1 Å². The van der Waals surface area contributed by atoms with Crippen molar-refractivity contribution in [3.63, 3.8) is 0 Å². The first-order valence-corrected chi connectivity index (χ1v) is 45.0. The van der Waals surface area contributed by atoms with Crippen LogP contribution in [0.3, 0.4) is 0 Å². The van der Waals surface area contributed by atoms with Crippen LogP contribution in [0.2, 0.25) is 0 Å². The molecule has 2 fully saturated rings. The Morgan fingerprint density at radius 2 is 1.02 bits per heavy atom. The zero-order chi connectivity index (χ0) is 97.6. The van der Waals surface area contributed by atoms with Crippen molar-refractivity contribution in [3.8, 4) is 0 Å². The van der Waals surface area contributed by atoms with Gasteiger partial charge in [0.25, 0.3) is 0 Å². The third-order valence-electron chi connectivity index (χ3n) is 23.0. The largest absolute Gasteiger partial charge is 0.481 e. The van der Waals surface area contributed by atoms with Gasteiger partial charge in [-0.15, -0.1) is 11.8 Å². The summed E-state index contributed by atoms with van der Waals surface area (Å²) >= 11 is 0.739. The number of hydrogen-bond donors (Lipinski definition) is 16. The number of para-hydroxylation sites is 2. The first-order chi connectivity index (χ1) is 63.1. The number of nitrogens with zero attached hydrogens (tertiary/aromatic N) is 8. The predicted molar refractivity (Wildman–Crippen MR) is 489 cm³/mol. The van der Waals surface area contributed by atoms with Gasteiger partial charge in [0, 0.05) is 159 Å². The summed E-state index contributed by atoms with van der Waals surface area (Å²) in [5, 5.41) is 61.2. The van der Waals surface area contributed by atoms with Crippen molar-refractivity contribution in [3.05, 3.63) is 138 Å². The average molecular weight is 1870 g/mol. The molecule has 720 valence electrons. The van der Waals surface area contributed by atoms with Gasteiger partial charge >= 0.3 is 18.0 Å². The Hall–Kier alpha value is -13.6. The SMILES string of the molecule is CC(C)C[C@@H]1NC(=O)[C@H](CC(N)=O)NC(=O)[C@H](Cc2cccnc2)N(C)C(=O)[C@@H](C)NC(=O)CSC[C@@H](C(N)=O)NC(=O)[C@H](CC(=O)N(C)C)NC(=O)[C@H]([C@@H](C)O)NC(=O)[C@H](Cc2cn(C)c3ccccc23)NC(=O)[C@H](CCCCNC(=O)N2CCN(CC(=O)O)CC2)NC(=O)[C@H](Cc2cn(C)c3ccccc23)NC(=O)[C@H](Cc2ccccc2)N(C)C(=O)[C@H](CCCC(=O)O)NC1=O. The second-order valence-electron chi connectivity index (χ2n) is 34.0. The number of aromatic nitrogens is 3. The zero-order valence-corrected chi connectivity index (χ0v) is 77.0. The molecule has 0 saturated carbocycles. The number of fused-ring (bicyclic) bond motifs is 2. The Balaban J connectivity index is 1.25. The van der Waals surface area contributed by atoms with Crippen molar-refractivity contribution in [2.24, 2.45) is 31.5 Å². The van der Waals surface area contributed by atoms with Crippen molar-refractivity contribution in [1.29, 1.82) is 0 Å². The monoisotopic (exact) mass is 1870 g/mol. The number of urea groups is 1. The highest BCUT2D eigenvalue weighted by Gasteiger charge is 2.42. The van der Waals surface area contributed by atoms with Gasteiger partial charge in [-0.25, -0.2) is 4.79 Å². The normalized spacial score (nSPS) is 22.8. The molecule has 42 nitrogen and oxygen atoms in total. The lowest BCUT2D eigenvalue weighted by Crippen LogP contribution is -2.62. The Morgan fingerprint density at radius 3 is 1.57 bits per heavy atom. The van der Waals surface area contributed by atoms with Crippen LogP contribution in [0.25, 0.3) is 21.8 Å². The third kappa shape index (κ3) is 31.3. The molecule has 0 radical (unpaired) electrons. The number of nitrogens with two attached hydrogens (primary N) is 2. The summed E-state index contributed by atoms with van der Waals surface area (Å²) in [4.78, 5) is 269. The number of hydrogen-bond acceptors (Lipinski definition) is 22. The van der Waals surface area contributed by atoms with Gasteiger partial charge in [0.15, 0.2) is 0 Å². The van der Waals surface area contributed by atoms with Crippen LogP contribution in [0, 0.1) is 5.92 Å². The van der Waals surface area contributed by atoms with Crippen molar-refractivity contribution in [2.75, 3.05) is 79.0 Å². The second kappa shape index (κ2) is 50.2. The maximum absolute atomic E-state index is 16.0. The molecule has 0 spiro atoms. The number of thioether (sulfide) groups is 1. The van der Waals surface area contributed by atoms with Gasteiger partial charge in [0.2, 0.25) is 88.6 Å². The Bertz CT molecular complexity index is 5160. The minimum Gasteiger partial charge on any atom is -0.481 e. The maximum atomic E-state index is 16.0. The van der Waals surface area contributed by atoms with E-state index in [1.165, 1.54) is 52.4 Å². The van der Waals surface area contributed by atoms with Crippen LogP contribution in [-0.4, -0.2) is 318 Å². The Morgan fingerprint density at radius 1 is 0.526 bits per heavy atom. The van der Waals surface area contributed by atoms with Gasteiger partial charge in [0.05, 0.1) is 31.2 Å². The summed E-state index contributed by atoms with van der Waals surface area (Å²) in [6.07, 6.45) is -0.0222. The van der Waals surface area contributed by atoms with Crippen LogP contribution in [0.4, 0.5) is 4.79 Å². The zero-order valence-electron chi connectivity index (χ0n) is 76.2. The number of aliphatic hydroxyl groups excluding tert-OH is 1. The number of rotatable bonds is 27. The summed E-state index contributed by atoms with van der Waals surface area (Å²) in [7, 11) is 8.64. The summed E-state index contributed by atoms with van der Waals surface area (Å²) < 4.78 is 3.53. The number of pyridine rings is 1. The number of nitrogens with one attached hydrogen (secondary N) is 11. The summed E-state index contributed by atoms with van der Waals surface area (Å²) in [5.41, 5.74) is 14.7. The Labute approximate surface area is 773 Å². The number of amides is 17. The van der Waals surface area contributed by atoms with Gasteiger partial charge in [0.1, 0.15) is 72.5 Å². The highest BCUT2D eigenvalue weighted by atomic mass is 32.2. The number of unbranched alkanes of at least 4 members (excludes halogenated alkanes) is 1. The molecule has 13 atom stereocenters. The van der Waals surface area contributed by atoms with E-state index < -0.39 is 228 Å². The van der Waals surface area contributed by atoms with Crippen LogP contribution in [0.5, 0.6) is 0 Å². The minimum atomic E-state index is -2.02. The van der Waals surface area contributed by atoms with Crippen LogP contribution in [-0.2, 0) is 121 Å². The van der Waals surface area contributed by atoms with Crippen molar-refractivity contribution >= 4 is 140 Å². The lowest BCUT2D eigenvalue weighted by molar-refractivity contribution is -0.143. The van der Waals surface area contributed by atoms with E-state index in [1.54, 1.807) is 139 Å². The molecule has 43 heteroatoms. The van der Waals surface area contributed by atoms with Crippen molar-refractivity contribution < 1.29 is 102 Å². The van der Waals surface area contributed by atoms with Crippen LogP contribution < -0.4 is 70.0 Å². The van der Waals surface area contributed by atoms with Crippen LogP contribution >= 0.6 is 11.8 Å². The van der Waals surface area contributed by atoms with Crippen LogP contribution in [0.1, 0.15) is 108 Å². The lowest BCUT2D eigenvalue weighted by atomic mass is 9.99. The van der Waals surface area contributed by atoms with Crippen molar-refractivity contribution in [1.82, 2.24) is 97.1 Å². The van der Waals surface area contributed by atoms with Crippen molar-refractivity contribution in [2.45, 2.75) is 190 Å². The van der Waals surface area contributed by atoms with E-state index >= 15 is 28.8 Å². The van der Waals surface area contributed by atoms with E-state index in [4.69, 9.17) is 11.5 Å². The predicted octanol–water partition coefficient (Wildman–Crippen LogP) is -2.29. The maximum Gasteiger partial charge on any atom is 0.317 e. The number of benzene rings is 3. The summed E-state index contributed by atoms with van der Waals surface area (Å²) in [6, 6.07) is 4.66. The molecule has 5 heterocycles.